The molecule has 0 saturated carbocycles. The Morgan fingerprint density at radius 1 is 0.137 bits per heavy atom. The van der Waals surface area contributed by atoms with Crippen LogP contribution in [0, 0.1) is 48.5 Å². The molecule has 0 fully saturated rings. The molecule has 18 aromatic rings. The number of hydrogen-bond acceptors (Lipinski definition) is 6. The van der Waals surface area contributed by atoms with Gasteiger partial charge in [0.1, 0.15) is 69.0 Å². The lowest BCUT2D eigenvalue weighted by molar-refractivity contribution is 0.467. The fourth-order valence-corrected chi connectivity index (χ4v) is 19.9. The summed E-state index contributed by atoms with van der Waals surface area (Å²) < 4.78 is 41.6. The van der Waals surface area contributed by atoms with Crippen molar-refractivity contribution in [3.05, 3.63) is 415 Å². The molecule has 0 atom stereocenters. The van der Waals surface area contributed by atoms with E-state index in [4.69, 9.17) is 28.4 Å². The quantitative estimate of drug-likeness (QED) is 0.134. The van der Waals surface area contributed by atoms with Crippen molar-refractivity contribution < 1.29 is 28.4 Å². The van der Waals surface area contributed by atoms with Gasteiger partial charge in [-0.05, 0) is 207 Å². The minimum Gasteiger partial charge on any atom is -0.458 e. The van der Waals surface area contributed by atoms with Crippen molar-refractivity contribution in [3.63, 3.8) is 0 Å². The SMILES string of the molecule is Cc1ccccc1-c1cccc2c1Oc1c(-c3ccccc3C)ccc3c1B2c1cccc(-c2ccccc2)c1O3.Cc1ccccc1-c1cccc2c1Oc1ccc(-c3ccccc3C)c3c1B2c1cccc(-c2ccccc2)c1O3.Cc1ccccc1-c1cccc2c1Oc1ccc(-c3ccccc3C)c3c1B2c1cccc(-c2ccccc2C)c1O3. The van der Waals surface area contributed by atoms with Crippen LogP contribution in [-0.2, 0) is 0 Å². The van der Waals surface area contributed by atoms with Crippen molar-refractivity contribution in [2.45, 2.75) is 48.5 Å². The van der Waals surface area contributed by atoms with Crippen LogP contribution in [0.4, 0.5) is 0 Å². The molecule has 0 bridgehead atoms. The van der Waals surface area contributed by atoms with Crippen LogP contribution in [0.2, 0.25) is 0 Å². The van der Waals surface area contributed by atoms with Gasteiger partial charge in [0.25, 0.3) is 20.1 Å². The van der Waals surface area contributed by atoms with Crippen LogP contribution >= 0.6 is 0 Å². The third kappa shape index (κ3) is 12.6. The molecule has 0 N–H and O–H groups in total. The highest BCUT2D eigenvalue weighted by atomic mass is 16.5. The van der Waals surface area contributed by atoms with E-state index >= 15 is 0 Å². The fraction of sp³-hybridized carbons (Fsp3) is 0.0609. The third-order valence-corrected chi connectivity index (χ3v) is 25.9. The van der Waals surface area contributed by atoms with Gasteiger partial charge in [-0.1, -0.05) is 340 Å². The summed E-state index contributed by atoms with van der Waals surface area (Å²) in [6.45, 7) is 15.1. The first kappa shape index (κ1) is 75.2. The molecule has 6 heterocycles. The lowest BCUT2D eigenvalue weighted by Gasteiger charge is -2.36. The first-order chi connectivity index (χ1) is 61.0. The topological polar surface area (TPSA) is 55.4 Å². The smallest absolute Gasteiger partial charge is 0.260 e. The molecule has 6 nitrogen and oxygen atoms in total. The summed E-state index contributed by atoms with van der Waals surface area (Å²) in [5, 5.41) is 0. The van der Waals surface area contributed by atoms with Gasteiger partial charge >= 0.3 is 0 Å². The Kier molecular flexibility index (Phi) is 18.7. The average Bonchev–Trinajstić information content (AvgIpc) is 0.717. The van der Waals surface area contributed by atoms with E-state index in [-0.39, 0.29) is 20.1 Å². The van der Waals surface area contributed by atoms with Gasteiger partial charge in [0, 0.05) is 66.5 Å². The molecule has 0 radical (unpaired) electrons. The average molecular weight is 1590 g/mol. The van der Waals surface area contributed by atoms with E-state index in [0.717, 1.165) is 179 Å². The lowest BCUT2D eigenvalue weighted by atomic mass is 9.34. The zero-order chi connectivity index (χ0) is 83.4. The Labute approximate surface area is 725 Å². The maximum Gasteiger partial charge on any atom is 0.260 e. The van der Waals surface area contributed by atoms with Gasteiger partial charge in [-0.2, -0.15) is 0 Å². The van der Waals surface area contributed by atoms with Crippen molar-refractivity contribution in [2.75, 3.05) is 0 Å². The molecule has 6 aliphatic rings. The minimum absolute atomic E-state index is 0.0240. The molecule has 18 aromatic carbocycles. The van der Waals surface area contributed by atoms with Crippen LogP contribution in [0.25, 0.3) is 100 Å². The van der Waals surface area contributed by atoms with Gasteiger partial charge in [0.15, 0.2) is 0 Å². The maximum atomic E-state index is 7.07. The van der Waals surface area contributed by atoms with E-state index in [1.165, 1.54) is 77.9 Å². The second-order valence-corrected chi connectivity index (χ2v) is 33.3. The summed E-state index contributed by atoms with van der Waals surface area (Å²) in [6.07, 6.45) is 0. The Hall–Kier alpha value is -15.0. The standard InChI is InChI=1S/C39H29BO2.2C38H27BO2/c1-24-12-4-7-15-27(24)30-18-10-20-33-37(30)41-35-23-22-32(29-17-9-6-14-26(29)3)39-36(35)40(33)34-21-11-19-31(38(34)42-39)28-16-8-5-13-25(28)2;1-24-12-6-8-16-27(24)30-19-11-21-33-37(30)40-34-23-22-31(28-17-9-7-13-25(28)2)38-35(34)39(33)32-20-10-18-29(36(32)41-38)26-14-4-3-5-15-26;1-24-12-6-8-16-27(24)30-19-11-21-33-37(30)41-38-31(28-17-9-7-13-25(28)2)22-23-34-35(38)39(33)32-20-10-18-29(36(32)40-34)26-14-4-3-5-15-26/h4-23H,1-3H3;2*3-23H,1-2H3. The Balaban J connectivity index is 0.000000111. The molecule has 0 aromatic heterocycles. The van der Waals surface area contributed by atoms with Crippen LogP contribution in [0.15, 0.2) is 376 Å². The lowest BCUT2D eigenvalue weighted by Crippen LogP contribution is -2.57. The Morgan fingerprint density at radius 2 is 0.315 bits per heavy atom. The molecule has 0 aliphatic carbocycles. The van der Waals surface area contributed by atoms with Crippen molar-refractivity contribution in [1.82, 2.24) is 0 Å². The minimum atomic E-state index is -0.0283. The maximum absolute atomic E-state index is 7.07. The summed E-state index contributed by atoms with van der Waals surface area (Å²) in [5.41, 5.74) is 39.3. The monoisotopic (exact) mass is 1590 g/mol. The first-order valence-corrected chi connectivity index (χ1v) is 42.9. The van der Waals surface area contributed by atoms with Crippen LogP contribution in [0.1, 0.15) is 38.9 Å². The number of benzene rings is 18. The normalized spacial score (nSPS) is 12.5. The van der Waals surface area contributed by atoms with Crippen molar-refractivity contribution >= 4 is 69.3 Å². The third-order valence-electron chi connectivity index (χ3n) is 25.9. The van der Waals surface area contributed by atoms with E-state index in [0.29, 0.717) is 0 Å². The highest BCUT2D eigenvalue weighted by molar-refractivity contribution is 7.00. The highest BCUT2D eigenvalue weighted by Gasteiger charge is 2.47. The zero-order valence-electron chi connectivity index (χ0n) is 70.0. The molecule has 0 spiro atoms. The number of fused-ring (bicyclic) bond motifs is 12. The summed E-state index contributed by atoms with van der Waals surface area (Å²) in [4.78, 5) is 0. The molecular weight excluding hydrogens is 1510 g/mol. The molecule has 124 heavy (non-hydrogen) atoms. The van der Waals surface area contributed by atoms with E-state index in [2.05, 4.69) is 425 Å². The fourth-order valence-electron chi connectivity index (χ4n) is 19.9. The first-order valence-electron chi connectivity index (χ1n) is 42.9. The highest BCUT2D eigenvalue weighted by Crippen LogP contribution is 2.51. The summed E-state index contributed by atoms with van der Waals surface area (Å²) in [5.74, 6) is 10.7. The summed E-state index contributed by atoms with van der Waals surface area (Å²) in [7, 11) is 0. The van der Waals surface area contributed by atoms with Crippen LogP contribution in [-0.4, -0.2) is 20.1 Å². The second kappa shape index (κ2) is 30.9. The van der Waals surface area contributed by atoms with Crippen LogP contribution in [0.5, 0.6) is 69.0 Å². The molecule has 0 saturated heterocycles. The van der Waals surface area contributed by atoms with Crippen LogP contribution < -0.4 is 77.6 Å². The Bertz CT molecular complexity index is 7340. The second-order valence-electron chi connectivity index (χ2n) is 33.3. The van der Waals surface area contributed by atoms with Gasteiger partial charge < -0.3 is 28.4 Å². The molecule has 0 unspecified atom stereocenters. The number of hydrogen-bond donors (Lipinski definition) is 0. The molecule has 9 heteroatoms. The van der Waals surface area contributed by atoms with E-state index in [1.54, 1.807) is 0 Å². The predicted octanol–water partition coefficient (Wildman–Crippen LogP) is 24.4. The number of para-hydroxylation sites is 6. The molecule has 24 rings (SSSR count). The van der Waals surface area contributed by atoms with Gasteiger partial charge in [0.2, 0.25) is 0 Å². The van der Waals surface area contributed by atoms with Crippen molar-refractivity contribution in [3.8, 4) is 169 Å². The molecular formula is C115H83B3O6. The van der Waals surface area contributed by atoms with Crippen molar-refractivity contribution in [2.24, 2.45) is 0 Å². The van der Waals surface area contributed by atoms with Gasteiger partial charge in [-0.3, -0.25) is 0 Å². The number of rotatable bonds is 9. The molecule has 0 amide bonds. The largest absolute Gasteiger partial charge is 0.458 e. The van der Waals surface area contributed by atoms with Crippen LogP contribution in [0.3, 0.4) is 0 Å². The zero-order valence-corrected chi connectivity index (χ0v) is 70.0. The molecule has 588 valence electrons. The number of ether oxygens (including phenoxy) is 6. The molecule has 6 aliphatic heterocycles. The van der Waals surface area contributed by atoms with E-state index < -0.39 is 0 Å². The summed E-state index contributed by atoms with van der Waals surface area (Å²) in [6, 6.07) is 133. The predicted molar refractivity (Wildman–Crippen MR) is 514 cm³/mol. The van der Waals surface area contributed by atoms with Gasteiger partial charge in [-0.15, -0.1) is 0 Å². The van der Waals surface area contributed by atoms with Crippen molar-refractivity contribution in [1.29, 1.82) is 0 Å². The number of aryl methyl sites for hydroxylation is 7. The van der Waals surface area contributed by atoms with E-state index in [1.807, 2.05) is 0 Å². The van der Waals surface area contributed by atoms with Gasteiger partial charge in [-0.25, -0.2) is 0 Å². The summed E-state index contributed by atoms with van der Waals surface area (Å²) >= 11 is 0. The Morgan fingerprint density at radius 3 is 0.548 bits per heavy atom. The van der Waals surface area contributed by atoms with Gasteiger partial charge in [0.05, 0.1) is 0 Å². The van der Waals surface area contributed by atoms with E-state index in [9.17, 15) is 0 Å².